The first-order valence-electron chi connectivity index (χ1n) is 4.27. The highest BCUT2D eigenvalue weighted by atomic mass is 32.1. The van der Waals surface area contributed by atoms with Crippen molar-refractivity contribution >= 4 is 17.4 Å². The molecule has 1 heteroatoms. The Morgan fingerprint density at radius 1 is 1.25 bits per heavy atom. The van der Waals surface area contributed by atoms with Crippen LogP contribution in [0.2, 0.25) is 0 Å². The molecule has 0 saturated heterocycles. The molecular weight excluding hydrogens is 164 g/mol. The van der Waals surface area contributed by atoms with Gasteiger partial charge in [0.15, 0.2) is 0 Å². The highest BCUT2D eigenvalue weighted by Crippen LogP contribution is 2.29. The summed E-state index contributed by atoms with van der Waals surface area (Å²) in [6, 6.07) is 4.41. The highest BCUT2D eigenvalue weighted by Gasteiger charge is 2.14. The van der Waals surface area contributed by atoms with Crippen molar-refractivity contribution in [2.24, 2.45) is 0 Å². The Hall–Kier alpha value is -0.560. The van der Waals surface area contributed by atoms with E-state index in [1.807, 2.05) is 11.3 Å². The second-order valence-corrected chi connectivity index (χ2v) is 5.07. The van der Waals surface area contributed by atoms with Gasteiger partial charge in [-0.05, 0) is 30.5 Å². The van der Waals surface area contributed by atoms with Gasteiger partial charge in [0.25, 0.3) is 0 Å². The largest absolute Gasteiger partial charge is 0.140 e. The van der Waals surface area contributed by atoms with Gasteiger partial charge < -0.3 is 0 Å². The summed E-state index contributed by atoms with van der Waals surface area (Å²) in [6.45, 7) is 8.80. The molecule has 0 fully saturated rings. The zero-order chi connectivity index (χ0) is 9.19. The third kappa shape index (κ3) is 2.21. The summed E-state index contributed by atoms with van der Waals surface area (Å²) in [5.41, 5.74) is 0.296. The van der Waals surface area contributed by atoms with Crippen LogP contribution in [0.4, 0.5) is 0 Å². The minimum absolute atomic E-state index is 0.296. The molecular formula is C11H16S. The number of thiophene rings is 1. The average molecular weight is 180 g/mol. The maximum Gasteiger partial charge on any atom is 0.0270 e. The maximum atomic E-state index is 2.25. The summed E-state index contributed by atoms with van der Waals surface area (Å²) < 4.78 is 0. The van der Waals surface area contributed by atoms with E-state index in [0.717, 1.165) is 0 Å². The Kier molecular flexibility index (Phi) is 2.73. The van der Waals surface area contributed by atoms with E-state index in [0.29, 0.717) is 5.41 Å². The Labute approximate surface area is 78.9 Å². The normalized spacial score (nSPS) is 12.7. The second-order valence-electron chi connectivity index (χ2n) is 3.95. The van der Waals surface area contributed by atoms with E-state index in [2.05, 4.69) is 52.0 Å². The molecule has 0 saturated carbocycles. The Morgan fingerprint density at radius 3 is 2.33 bits per heavy atom. The quantitative estimate of drug-likeness (QED) is 0.611. The van der Waals surface area contributed by atoms with Crippen molar-refractivity contribution in [2.75, 3.05) is 0 Å². The monoisotopic (exact) mass is 180 g/mol. The molecule has 0 bridgehead atoms. The summed E-state index contributed by atoms with van der Waals surface area (Å²) in [4.78, 5) is 2.80. The molecule has 0 aliphatic carbocycles. The van der Waals surface area contributed by atoms with Crippen molar-refractivity contribution in [1.82, 2.24) is 0 Å². The topological polar surface area (TPSA) is 0 Å². The van der Waals surface area contributed by atoms with Gasteiger partial charge in [-0.25, -0.2) is 0 Å². The lowest BCUT2D eigenvalue weighted by molar-refractivity contribution is 0.604. The number of allylic oxidation sites excluding steroid dienone is 1. The smallest absolute Gasteiger partial charge is 0.0270 e. The van der Waals surface area contributed by atoms with Gasteiger partial charge in [0.1, 0.15) is 0 Å². The van der Waals surface area contributed by atoms with Crippen molar-refractivity contribution in [1.29, 1.82) is 0 Å². The van der Waals surface area contributed by atoms with Crippen LogP contribution in [0.3, 0.4) is 0 Å². The van der Waals surface area contributed by atoms with E-state index >= 15 is 0 Å². The minimum Gasteiger partial charge on any atom is -0.140 e. The molecule has 0 radical (unpaired) electrons. The van der Waals surface area contributed by atoms with E-state index < -0.39 is 0 Å². The summed E-state index contributed by atoms with van der Waals surface area (Å²) in [7, 11) is 0. The Morgan fingerprint density at radius 2 is 1.92 bits per heavy atom. The molecule has 0 spiro atoms. The van der Waals surface area contributed by atoms with Crippen molar-refractivity contribution in [2.45, 2.75) is 33.1 Å². The summed E-state index contributed by atoms with van der Waals surface area (Å²) in [6.07, 6.45) is 4.23. The van der Waals surface area contributed by atoms with Gasteiger partial charge in [0.2, 0.25) is 0 Å². The van der Waals surface area contributed by atoms with Crippen molar-refractivity contribution in [3.8, 4) is 0 Å². The molecule has 0 nitrogen and oxygen atoms in total. The summed E-state index contributed by atoms with van der Waals surface area (Å²) in [5.74, 6) is 0. The average Bonchev–Trinajstić information content (AvgIpc) is 2.35. The number of rotatable bonds is 1. The fourth-order valence-electron chi connectivity index (χ4n) is 1.01. The maximum absolute atomic E-state index is 2.25. The van der Waals surface area contributed by atoms with Crippen LogP contribution in [-0.4, -0.2) is 0 Å². The van der Waals surface area contributed by atoms with Crippen LogP contribution in [0.5, 0.6) is 0 Å². The predicted molar refractivity (Wildman–Crippen MR) is 57.7 cm³/mol. The first-order chi connectivity index (χ1) is 5.54. The molecule has 0 atom stereocenters. The van der Waals surface area contributed by atoms with Crippen LogP contribution in [0.1, 0.15) is 37.4 Å². The fourth-order valence-corrected chi connectivity index (χ4v) is 2.05. The van der Waals surface area contributed by atoms with Crippen LogP contribution in [0.15, 0.2) is 18.2 Å². The Balaban J connectivity index is 2.92. The zero-order valence-corrected chi connectivity index (χ0v) is 9.03. The van der Waals surface area contributed by atoms with Crippen LogP contribution in [0, 0.1) is 0 Å². The first kappa shape index (κ1) is 9.53. The van der Waals surface area contributed by atoms with Crippen molar-refractivity contribution in [3.63, 3.8) is 0 Å². The van der Waals surface area contributed by atoms with Crippen molar-refractivity contribution < 1.29 is 0 Å². The molecule has 1 aromatic rings. The van der Waals surface area contributed by atoms with E-state index in [1.165, 1.54) is 9.75 Å². The summed E-state index contributed by atoms with van der Waals surface area (Å²) >= 11 is 1.88. The minimum atomic E-state index is 0.296. The molecule has 0 amide bonds. The van der Waals surface area contributed by atoms with Crippen LogP contribution < -0.4 is 0 Å². The zero-order valence-electron chi connectivity index (χ0n) is 8.22. The fraction of sp³-hybridized carbons (Fsp3) is 0.455. The lowest BCUT2D eigenvalue weighted by atomic mass is 9.95. The molecule has 1 heterocycles. The SMILES string of the molecule is C/C=C/c1ccc(C(C)(C)C)s1. The van der Waals surface area contributed by atoms with Gasteiger partial charge in [-0.15, -0.1) is 11.3 Å². The summed E-state index contributed by atoms with van der Waals surface area (Å²) in [5, 5.41) is 0. The van der Waals surface area contributed by atoms with Crippen LogP contribution >= 0.6 is 11.3 Å². The van der Waals surface area contributed by atoms with Gasteiger partial charge in [0.05, 0.1) is 0 Å². The van der Waals surface area contributed by atoms with E-state index in [9.17, 15) is 0 Å². The Bertz CT molecular complexity index is 273. The highest BCUT2D eigenvalue weighted by molar-refractivity contribution is 7.13. The van der Waals surface area contributed by atoms with Gasteiger partial charge >= 0.3 is 0 Å². The third-order valence-corrected chi connectivity index (χ3v) is 3.17. The molecule has 1 rings (SSSR count). The van der Waals surface area contributed by atoms with E-state index in [4.69, 9.17) is 0 Å². The van der Waals surface area contributed by atoms with Gasteiger partial charge in [-0.2, -0.15) is 0 Å². The lowest BCUT2D eigenvalue weighted by Crippen LogP contribution is -2.07. The van der Waals surface area contributed by atoms with Gasteiger partial charge in [-0.1, -0.05) is 26.8 Å². The van der Waals surface area contributed by atoms with Gasteiger partial charge in [0, 0.05) is 9.75 Å². The third-order valence-electron chi connectivity index (χ3n) is 1.70. The molecule has 0 aliphatic heterocycles. The number of hydrogen-bond acceptors (Lipinski definition) is 1. The molecule has 66 valence electrons. The van der Waals surface area contributed by atoms with Crippen LogP contribution in [-0.2, 0) is 5.41 Å². The first-order valence-corrected chi connectivity index (χ1v) is 5.08. The molecule has 0 unspecified atom stereocenters. The molecule has 0 N–H and O–H groups in total. The standard InChI is InChI=1S/C11H16S/c1-5-6-9-7-8-10(12-9)11(2,3)4/h5-8H,1-4H3/b6-5+. The predicted octanol–water partition coefficient (Wildman–Crippen LogP) is 4.08. The van der Waals surface area contributed by atoms with Gasteiger partial charge in [-0.3, -0.25) is 0 Å². The molecule has 0 aromatic carbocycles. The van der Waals surface area contributed by atoms with E-state index in [1.54, 1.807) is 0 Å². The second kappa shape index (κ2) is 3.44. The molecule has 1 aromatic heterocycles. The lowest BCUT2D eigenvalue weighted by Gasteiger charge is -2.15. The van der Waals surface area contributed by atoms with E-state index in [-0.39, 0.29) is 0 Å². The molecule has 0 aliphatic rings. The molecule has 12 heavy (non-hydrogen) atoms. The van der Waals surface area contributed by atoms with Crippen molar-refractivity contribution in [3.05, 3.63) is 28.0 Å². The van der Waals surface area contributed by atoms with Crippen LogP contribution in [0.25, 0.3) is 6.08 Å². The number of hydrogen-bond donors (Lipinski definition) is 0.